The molecular formula is C29H35F3O9. The molecule has 0 amide bonds. The molecule has 3 saturated heterocycles. The molecule has 0 radical (unpaired) electrons. The standard InChI is InChI=1S/C29H35F3O9/c1-15(2)23(33)39-20-13-26(5)14-21(28(36,41-26)16(3)12-19-22(20)17(4)24(34)38-19)40-25(35)27(37-6,29(30,31)32)18-10-8-7-9-11-18/h7-11,15-16,19-22,36H,4,12-14H2,1-3,5-6H3/t16-,19+,20+,21+,22-,26-,27+,28+/m0/s1. The van der Waals surface area contributed by atoms with Gasteiger partial charge in [0.25, 0.3) is 5.60 Å². The predicted molar refractivity (Wildman–Crippen MR) is 136 cm³/mol. The quantitative estimate of drug-likeness (QED) is 0.301. The van der Waals surface area contributed by atoms with E-state index in [1.54, 1.807) is 27.7 Å². The zero-order valence-electron chi connectivity index (χ0n) is 23.5. The topological polar surface area (TPSA) is 118 Å². The number of esters is 3. The van der Waals surface area contributed by atoms with Gasteiger partial charge in [0.2, 0.25) is 5.79 Å². The predicted octanol–water partition coefficient (Wildman–Crippen LogP) is 3.97. The number of alkyl halides is 3. The average Bonchev–Trinajstić information content (AvgIpc) is 3.30. The highest BCUT2D eigenvalue weighted by Gasteiger charge is 2.67. The summed E-state index contributed by atoms with van der Waals surface area (Å²) >= 11 is 0. The second-order valence-electron chi connectivity index (χ2n) is 11.6. The second kappa shape index (κ2) is 10.7. The molecule has 4 rings (SSSR count). The summed E-state index contributed by atoms with van der Waals surface area (Å²) in [5.41, 5.74) is -5.22. The van der Waals surface area contributed by atoms with Crippen molar-refractivity contribution in [2.24, 2.45) is 17.8 Å². The van der Waals surface area contributed by atoms with Gasteiger partial charge in [0, 0.05) is 37.0 Å². The SMILES string of the molecule is C=C1C(=O)O[C@@H]2C[C@H](C)[C@@]3(O)O[C@@](C)(C[C@@H](OC(=O)C(C)C)[C@@H]12)C[C@H]3OC(=O)[C@](OC)(c1ccccc1)C(F)(F)F. The first kappa shape index (κ1) is 31.0. The Morgan fingerprint density at radius 3 is 2.34 bits per heavy atom. The number of fused-ring (bicyclic) bond motifs is 3. The van der Waals surface area contributed by atoms with Crippen molar-refractivity contribution in [1.29, 1.82) is 0 Å². The van der Waals surface area contributed by atoms with E-state index < -0.39 is 82.7 Å². The van der Waals surface area contributed by atoms with E-state index in [9.17, 15) is 32.7 Å². The van der Waals surface area contributed by atoms with Gasteiger partial charge in [0.05, 0.1) is 17.4 Å². The lowest BCUT2D eigenvalue weighted by molar-refractivity contribution is -0.299. The lowest BCUT2D eigenvalue weighted by Crippen LogP contribution is -2.55. The van der Waals surface area contributed by atoms with Gasteiger partial charge in [-0.3, -0.25) is 4.79 Å². The molecule has 12 heteroatoms. The molecule has 0 aromatic heterocycles. The first-order valence-corrected chi connectivity index (χ1v) is 13.4. The fourth-order valence-electron chi connectivity index (χ4n) is 6.08. The van der Waals surface area contributed by atoms with Crippen molar-refractivity contribution in [2.45, 2.75) is 88.4 Å². The van der Waals surface area contributed by atoms with E-state index >= 15 is 0 Å². The summed E-state index contributed by atoms with van der Waals surface area (Å²) in [4.78, 5) is 38.6. The van der Waals surface area contributed by atoms with Gasteiger partial charge >= 0.3 is 24.1 Å². The van der Waals surface area contributed by atoms with Crippen molar-refractivity contribution in [1.82, 2.24) is 0 Å². The lowest BCUT2D eigenvalue weighted by Gasteiger charge is -2.38. The molecule has 9 nitrogen and oxygen atoms in total. The van der Waals surface area contributed by atoms with Crippen LogP contribution in [0.25, 0.3) is 0 Å². The lowest BCUT2D eigenvalue weighted by atomic mass is 9.78. The van der Waals surface area contributed by atoms with Crippen LogP contribution in [0.1, 0.15) is 52.5 Å². The Bertz CT molecular complexity index is 1200. The minimum atomic E-state index is -5.22. The highest BCUT2D eigenvalue weighted by molar-refractivity contribution is 5.91. The third-order valence-electron chi connectivity index (χ3n) is 8.30. The average molecular weight is 585 g/mol. The maximum Gasteiger partial charge on any atom is 0.432 e. The highest BCUT2D eigenvalue weighted by Crippen LogP contribution is 2.52. The Balaban J connectivity index is 1.73. The molecule has 0 unspecified atom stereocenters. The molecule has 3 heterocycles. The zero-order chi connectivity index (χ0) is 30.5. The maximum atomic E-state index is 14.5. The largest absolute Gasteiger partial charge is 0.461 e. The summed E-state index contributed by atoms with van der Waals surface area (Å²) in [6.45, 7) is 10.2. The number of benzene rings is 1. The number of hydrogen-bond donors (Lipinski definition) is 1. The van der Waals surface area contributed by atoms with Crippen LogP contribution in [0.15, 0.2) is 42.5 Å². The van der Waals surface area contributed by atoms with Crippen molar-refractivity contribution in [3.05, 3.63) is 48.0 Å². The number of carbonyl (C=O) groups excluding carboxylic acids is 3. The van der Waals surface area contributed by atoms with E-state index in [1.807, 2.05) is 0 Å². The number of ether oxygens (including phenoxy) is 5. The molecule has 226 valence electrons. The Kier molecular flexibility index (Phi) is 8.09. The summed E-state index contributed by atoms with van der Waals surface area (Å²) < 4.78 is 71.3. The fraction of sp³-hybridized carbons (Fsp3) is 0.621. The van der Waals surface area contributed by atoms with E-state index in [1.165, 1.54) is 18.2 Å². The van der Waals surface area contributed by atoms with Gasteiger partial charge in [-0.05, 0) is 13.3 Å². The fourth-order valence-corrected chi connectivity index (χ4v) is 6.08. The maximum absolute atomic E-state index is 14.5. The van der Waals surface area contributed by atoms with Gasteiger partial charge < -0.3 is 28.8 Å². The molecular weight excluding hydrogens is 549 g/mol. The Labute approximate surface area is 235 Å². The van der Waals surface area contributed by atoms with Crippen LogP contribution in [-0.4, -0.2) is 66.0 Å². The van der Waals surface area contributed by atoms with Gasteiger partial charge in [-0.15, -0.1) is 0 Å². The molecule has 3 aliphatic rings. The summed E-state index contributed by atoms with van der Waals surface area (Å²) in [6, 6.07) is 6.33. The first-order chi connectivity index (χ1) is 19.0. The molecule has 3 aliphatic heterocycles. The summed E-state index contributed by atoms with van der Waals surface area (Å²) in [7, 11) is 0.749. The molecule has 0 aliphatic carbocycles. The molecule has 0 saturated carbocycles. The van der Waals surface area contributed by atoms with Crippen LogP contribution in [-0.2, 0) is 43.7 Å². The van der Waals surface area contributed by atoms with Gasteiger partial charge in [0.1, 0.15) is 12.2 Å². The van der Waals surface area contributed by atoms with Gasteiger partial charge in [-0.1, -0.05) is 57.7 Å². The minimum absolute atomic E-state index is 0.0425. The smallest absolute Gasteiger partial charge is 0.432 e. The normalized spacial score (nSPS) is 35.0. The van der Waals surface area contributed by atoms with Crippen molar-refractivity contribution < 1.29 is 56.3 Å². The zero-order valence-corrected chi connectivity index (χ0v) is 23.5. The molecule has 41 heavy (non-hydrogen) atoms. The van der Waals surface area contributed by atoms with E-state index in [0.717, 1.165) is 19.2 Å². The van der Waals surface area contributed by atoms with E-state index in [0.29, 0.717) is 0 Å². The summed E-state index contributed by atoms with van der Waals surface area (Å²) in [5.74, 6) is -7.42. The van der Waals surface area contributed by atoms with Crippen molar-refractivity contribution in [3.8, 4) is 0 Å². The van der Waals surface area contributed by atoms with Crippen molar-refractivity contribution >= 4 is 17.9 Å². The number of rotatable bonds is 6. The first-order valence-electron chi connectivity index (χ1n) is 13.4. The van der Waals surface area contributed by atoms with Crippen LogP contribution in [0.3, 0.4) is 0 Å². The van der Waals surface area contributed by atoms with Crippen molar-refractivity contribution in [2.75, 3.05) is 7.11 Å². The second-order valence-corrected chi connectivity index (χ2v) is 11.6. The van der Waals surface area contributed by atoms with Crippen LogP contribution in [0, 0.1) is 17.8 Å². The number of methoxy groups -OCH3 is 1. The van der Waals surface area contributed by atoms with E-state index in [-0.39, 0.29) is 24.8 Å². The number of hydrogen-bond acceptors (Lipinski definition) is 9. The van der Waals surface area contributed by atoms with E-state index in [4.69, 9.17) is 23.7 Å². The molecule has 1 N–H and O–H groups in total. The minimum Gasteiger partial charge on any atom is -0.461 e. The van der Waals surface area contributed by atoms with Crippen LogP contribution in [0.2, 0.25) is 0 Å². The third kappa shape index (κ3) is 5.25. The Morgan fingerprint density at radius 2 is 1.78 bits per heavy atom. The summed E-state index contributed by atoms with van der Waals surface area (Å²) in [5, 5.41) is 11.8. The van der Waals surface area contributed by atoms with Gasteiger partial charge in [-0.25, -0.2) is 9.59 Å². The molecule has 1 aromatic carbocycles. The van der Waals surface area contributed by atoms with Crippen LogP contribution in [0.5, 0.6) is 0 Å². The number of carbonyl (C=O) groups is 3. The monoisotopic (exact) mass is 584 g/mol. The number of halogens is 3. The van der Waals surface area contributed by atoms with E-state index in [2.05, 4.69) is 6.58 Å². The van der Waals surface area contributed by atoms with Crippen molar-refractivity contribution in [3.63, 3.8) is 0 Å². The molecule has 0 spiro atoms. The van der Waals surface area contributed by atoms with Gasteiger partial charge in [0.15, 0.2) is 6.10 Å². The molecule has 2 bridgehead atoms. The molecule has 8 atom stereocenters. The Hall–Kier alpha value is -2.96. The third-order valence-corrected chi connectivity index (χ3v) is 8.30. The Morgan fingerprint density at radius 1 is 1.15 bits per heavy atom. The van der Waals surface area contributed by atoms with Crippen LogP contribution >= 0.6 is 0 Å². The van der Waals surface area contributed by atoms with Gasteiger partial charge in [-0.2, -0.15) is 13.2 Å². The summed E-state index contributed by atoms with van der Waals surface area (Å²) in [6.07, 6.45) is -9.01. The number of aliphatic hydroxyl groups is 1. The van der Waals surface area contributed by atoms with Crippen LogP contribution < -0.4 is 0 Å². The molecule has 3 fully saturated rings. The highest BCUT2D eigenvalue weighted by atomic mass is 19.4. The van der Waals surface area contributed by atoms with Crippen LogP contribution in [0.4, 0.5) is 13.2 Å². The molecule has 1 aromatic rings.